The molecule has 196 valence electrons. The molecule has 40 heavy (non-hydrogen) atoms. The zero-order chi connectivity index (χ0) is 27.3. The Morgan fingerprint density at radius 3 is 2.77 bits per heavy atom. The lowest BCUT2D eigenvalue weighted by Gasteiger charge is -2.08. The number of nitrogens with zero attached hydrogens (tertiary/aromatic N) is 5. The molecular weight excluding hydrogens is 496 g/mol. The first-order chi connectivity index (χ1) is 19.7. The Balaban J connectivity index is 1.31. The van der Waals surface area contributed by atoms with Gasteiger partial charge in [0.25, 0.3) is 0 Å². The fraction of sp³-hybridized carbons (Fsp3) is 0.0938. The lowest BCUT2D eigenvalue weighted by Crippen LogP contribution is -2.15. The van der Waals surface area contributed by atoms with Crippen LogP contribution in [-0.2, 0) is 6.54 Å². The van der Waals surface area contributed by atoms with Crippen molar-refractivity contribution in [3.63, 3.8) is 0 Å². The predicted molar refractivity (Wildman–Crippen MR) is 162 cm³/mol. The lowest BCUT2D eigenvalue weighted by molar-refractivity contribution is 0.740. The van der Waals surface area contributed by atoms with Crippen LogP contribution in [0.25, 0.3) is 50.3 Å². The molecule has 4 aromatic heterocycles. The van der Waals surface area contributed by atoms with Crippen LogP contribution in [0.1, 0.15) is 18.1 Å². The number of aliphatic imine (C=N–C) groups is 1. The number of para-hydroxylation sites is 1. The summed E-state index contributed by atoms with van der Waals surface area (Å²) in [4.78, 5) is 21.3. The molecule has 0 unspecified atom stereocenters. The van der Waals surface area contributed by atoms with Crippen molar-refractivity contribution in [2.75, 3.05) is 6.54 Å². The van der Waals surface area contributed by atoms with Crippen molar-refractivity contribution in [3.8, 4) is 22.6 Å². The summed E-state index contributed by atoms with van der Waals surface area (Å²) in [6.45, 7) is 7.32. The number of allylic oxidation sites excluding steroid dienone is 2. The number of imidazole rings is 1. The topological polar surface area (TPSA) is 108 Å². The van der Waals surface area contributed by atoms with Crippen LogP contribution in [0.3, 0.4) is 0 Å². The lowest BCUT2D eigenvalue weighted by atomic mass is 10.0. The maximum absolute atomic E-state index is 4.95. The molecule has 0 atom stereocenters. The van der Waals surface area contributed by atoms with Gasteiger partial charge >= 0.3 is 0 Å². The Labute approximate surface area is 231 Å². The van der Waals surface area contributed by atoms with Gasteiger partial charge in [-0.15, -0.1) is 0 Å². The number of rotatable bonds is 9. The number of hydrogen-bond acceptors (Lipinski definition) is 6. The molecule has 0 radical (unpaired) electrons. The molecule has 4 heterocycles. The summed E-state index contributed by atoms with van der Waals surface area (Å²) in [6.07, 6.45) is 9.29. The summed E-state index contributed by atoms with van der Waals surface area (Å²) in [6, 6.07) is 22.5. The fourth-order valence-corrected chi connectivity index (χ4v) is 4.75. The average molecular weight is 525 g/mol. The summed E-state index contributed by atoms with van der Waals surface area (Å²) in [7, 11) is 0. The van der Waals surface area contributed by atoms with Crippen molar-refractivity contribution >= 4 is 34.4 Å². The van der Waals surface area contributed by atoms with E-state index in [2.05, 4.69) is 91.6 Å². The highest BCUT2D eigenvalue weighted by Crippen LogP contribution is 2.32. The first-order valence-corrected chi connectivity index (χ1v) is 13.0. The van der Waals surface area contributed by atoms with E-state index in [4.69, 9.17) is 4.98 Å². The van der Waals surface area contributed by atoms with E-state index >= 15 is 0 Å². The van der Waals surface area contributed by atoms with E-state index in [-0.39, 0.29) is 0 Å². The van der Waals surface area contributed by atoms with Crippen LogP contribution in [0.5, 0.6) is 0 Å². The highest BCUT2D eigenvalue weighted by molar-refractivity contribution is 5.97. The molecule has 6 rings (SSSR count). The van der Waals surface area contributed by atoms with Crippen LogP contribution < -0.4 is 5.32 Å². The molecule has 3 N–H and O–H groups in total. The van der Waals surface area contributed by atoms with Gasteiger partial charge in [0.15, 0.2) is 11.5 Å². The maximum Gasteiger partial charge on any atom is 0.181 e. The molecule has 0 aliphatic carbocycles. The smallest absolute Gasteiger partial charge is 0.181 e. The molecule has 2 aromatic carbocycles. The molecule has 0 aliphatic rings. The maximum atomic E-state index is 4.95. The van der Waals surface area contributed by atoms with Gasteiger partial charge in [0.2, 0.25) is 0 Å². The van der Waals surface area contributed by atoms with Crippen LogP contribution in [-0.4, -0.2) is 43.4 Å². The molecule has 0 spiro atoms. The van der Waals surface area contributed by atoms with Gasteiger partial charge in [-0.1, -0.05) is 60.2 Å². The molecule has 0 saturated carbocycles. The Bertz CT molecular complexity index is 1850. The number of H-pyrrole nitrogens is 2. The van der Waals surface area contributed by atoms with Gasteiger partial charge < -0.3 is 10.3 Å². The summed E-state index contributed by atoms with van der Waals surface area (Å²) in [5.74, 6) is 0.692. The summed E-state index contributed by atoms with van der Waals surface area (Å²) < 4.78 is 0. The van der Waals surface area contributed by atoms with Crippen molar-refractivity contribution in [1.29, 1.82) is 0 Å². The van der Waals surface area contributed by atoms with Crippen molar-refractivity contribution in [1.82, 2.24) is 35.5 Å². The molecule has 0 saturated heterocycles. The van der Waals surface area contributed by atoms with Crippen LogP contribution in [0.4, 0.5) is 0 Å². The molecule has 0 fully saturated rings. The number of fused-ring (bicyclic) bond motifs is 2. The summed E-state index contributed by atoms with van der Waals surface area (Å²) >= 11 is 0. The van der Waals surface area contributed by atoms with Crippen molar-refractivity contribution < 1.29 is 0 Å². The third-order valence-corrected chi connectivity index (χ3v) is 6.67. The molecule has 6 aromatic rings. The normalized spacial score (nSPS) is 12.3. The minimum Gasteiger partial charge on any atom is -0.337 e. The second kappa shape index (κ2) is 11.3. The van der Waals surface area contributed by atoms with Gasteiger partial charge in [-0.3, -0.25) is 15.1 Å². The van der Waals surface area contributed by atoms with Gasteiger partial charge in [-0.05, 0) is 37.4 Å². The standard InChI is InChI=1S/C32H28N8/c1-21(16-35-17-22-8-4-3-5-9-22)14-24(18-33-2)25-15-27-30(39-40-31(27)36-20-25)32-37-28-12-6-11-26(29(28)38-32)23-10-7-13-34-19-23/h3-15,18-20,35H,2,16-17H2,1H3,(H,37,38)(H,36,39,40). The SMILES string of the molecule is C=NC=C(C=C(C)CNCc1ccccc1)c1cnc2n[nH]c(-c3nc4c(-c5cccnc5)cccc4[nH]3)c2c1. The van der Waals surface area contributed by atoms with Gasteiger partial charge in [0.05, 0.1) is 16.4 Å². The minimum absolute atomic E-state index is 0.614. The molecule has 8 nitrogen and oxygen atoms in total. The number of aromatic nitrogens is 6. The number of aromatic amines is 2. The molecule has 0 aliphatic heterocycles. The van der Waals surface area contributed by atoms with Crippen molar-refractivity contribution in [2.24, 2.45) is 4.99 Å². The van der Waals surface area contributed by atoms with Crippen molar-refractivity contribution in [2.45, 2.75) is 13.5 Å². The Kier molecular flexibility index (Phi) is 7.07. The average Bonchev–Trinajstić information content (AvgIpc) is 3.62. The molecular formula is C32H28N8. The van der Waals surface area contributed by atoms with Crippen molar-refractivity contribution in [3.05, 3.63) is 114 Å². The van der Waals surface area contributed by atoms with E-state index in [1.54, 1.807) is 12.4 Å². The van der Waals surface area contributed by atoms with Crippen LogP contribution in [0, 0.1) is 0 Å². The largest absolute Gasteiger partial charge is 0.337 e. The predicted octanol–water partition coefficient (Wildman–Crippen LogP) is 6.34. The highest BCUT2D eigenvalue weighted by Gasteiger charge is 2.16. The van der Waals surface area contributed by atoms with Gasteiger partial charge in [0.1, 0.15) is 5.69 Å². The quantitative estimate of drug-likeness (QED) is 0.151. The molecule has 0 amide bonds. The van der Waals surface area contributed by atoms with Gasteiger partial charge in [-0.25, -0.2) is 9.97 Å². The van der Waals surface area contributed by atoms with Crippen LogP contribution in [0.2, 0.25) is 0 Å². The van der Waals surface area contributed by atoms with Crippen LogP contribution >= 0.6 is 0 Å². The van der Waals surface area contributed by atoms with Gasteiger partial charge in [-0.2, -0.15) is 5.10 Å². The second-order valence-corrected chi connectivity index (χ2v) is 9.57. The highest BCUT2D eigenvalue weighted by atomic mass is 15.2. The summed E-state index contributed by atoms with van der Waals surface area (Å²) in [5.41, 5.74) is 9.46. The molecule has 0 bridgehead atoms. The zero-order valence-electron chi connectivity index (χ0n) is 22.1. The number of benzene rings is 2. The van der Waals surface area contributed by atoms with E-state index in [9.17, 15) is 0 Å². The third-order valence-electron chi connectivity index (χ3n) is 6.67. The van der Waals surface area contributed by atoms with Gasteiger partial charge in [0, 0.05) is 60.1 Å². The summed E-state index contributed by atoms with van der Waals surface area (Å²) in [5, 5.41) is 11.9. The van der Waals surface area contributed by atoms with E-state index in [1.165, 1.54) is 11.1 Å². The Morgan fingerprint density at radius 2 is 1.95 bits per heavy atom. The van der Waals surface area contributed by atoms with E-state index < -0.39 is 0 Å². The zero-order valence-corrected chi connectivity index (χ0v) is 22.1. The first kappa shape index (κ1) is 25.1. The third kappa shape index (κ3) is 5.21. The Hall–Kier alpha value is -5.21. The number of nitrogens with one attached hydrogen (secondary N) is 3. The number of hydrogen-bond donors (Lipinski definition) is 3. The van der Waals surface area contributed by atoms with E-state index in [0.717, 1.165) is 57.5 Å². The number of pyridine rings is 2. The monoisotopic (exact) mass is 524 g/mol. The Morgan fingerprint density at radius 1 is 1.05 bits per heavy atom. The molecule has 8 heteroatoms. The minimum atomic E-state index is 0.614. The van der Waals surface area contributed by atoms with E-state index in [0.29, 0.717) is 11.5 Å². The first-order valence-electron chi connectivity index (χ1n) is 13.0. The van der Waals surface area contributed by atoms with Crippen LogP contribution in [0.15, 0.2) is 108 Å². The second-order valence-electron chi connectivity index (χ2n) is 9.57. The van der Waals surface area contributed by atoms with E-state index in [1.807, 2.05) is 42.7 Å². The fourth-order valence-electron chi connectivity index (χ4n) is 4.75.